The van der Waals surface area contributed by atoms with E-state index in [-0.39, 0.29) is 23.1 Å². The lowest BCUT2D eigenvalue weighted by Crippen LogP contribution is -2.60. The van der Waals surface area contributed by atoms with E-state index in [0.29, 0.717) is 23.0 Å². The van der Waals surface area contributed by atoms with Crippen molar-refractivity contribution >= 4 is 11.6 Å². The molecule has 0 saturated carbocycles. The van der Waals surface area contributed by atoms with Crippen LogP contribution in [0.1, 0.15) is 24.0 Å². The van der Waals surface area contributed by atoms with Crippen LogP contribution in [0.3, 0.4) is 0 Å². The van der Waals surface area contributed by atoms with Gasteiger partial charge < -0.3 is 24.6 Å². The van der Waals surface area contributed by atoms with Crippen molar-refractivity contribution in [2.24, 2.45) is 5.92 Å². The summed E-state index contributed by atoms with van der Waals surface area (Å²) in [5.74, 6) is 1.34. The Hall–Kier alpha value is -1.43. The largest absolute Gasteiger partial charge is 0.504 e. The minimum absolute atomic E-state index is 0.158. The molecule has 0 amide bonds. The number of halogens is 1. The maximum Gasteiger partial charge on any atom is 0.162 e. The topological polar surface area (TPSA) is 62.2 Å². The number of fused-ring (bicyclic) bond motifs is 1. The van der Waals surface area contributed by atoms with Crippen LogP contribution in [-0.2, 0) is 16.6 Å². The number of hydrogen-bond donors (Lipinski definition) is 2. The van der Waals surface area contributed by atoms with E-state index < -0.39 is 6.10 Å². The number of rotatable bonds is 2. The average Bonchev–Trinajstić information content (AvgIpc) is 2.59. The molecule has 1 aliphatic heterocycles. The Balaban J connectivity index is 1.99. The molecule has 1 saturated heterocycles. The van der Waals surface area contributed by atoms with E-state index in [1.54, 1.807) is 13.2 Å². The number of nitrogens with zero attached hydrogens (tertiary/aromatic N) is 1. The highest BCUT2D eigenvalue weighted by Crippen LogP contribution is 2.59. The summed E-state index contributed by atoms with van der Waals surface area (Å²) in [5, 5.41) is 22.2. The molecule has 0 radical (unpaired) electrons. The zero-order valence-corrected chi connectivity index (χ0v) is 15.5. The third kappa shape index (κ3) is 2.22. The van der Waals surface area contributed by atoms with Crippen LogP contribution in [0.15, 0.2) is 17.9 Å². The summed E-state index contributed by atoms with van der Waals surface area (Å²) in [5.41, 5.74) is 1.49. The van der Waals surface area contributed by atoms with Crippen LogP contribution in [0.4, 0.5) is 0 Å². The molecule has 4 rings (SSSR count). The van der Waals surface area contributed by atoms with Gasteiger partial charge in [-0.1, -0.05) is 11.6 Å². The summed E-state index contributed by atoms with van der Waals surface area (Å²) >= 11 is 6.57. The number of methoxy groups -OCH3 is 2. The van der Waals surface area contributed by atoms with Crippen molar-refractivity contribution < 1.29 is 19.7 Å². The molecule has 25 heavy (non-hydrogen) atoms. The lowest BCUT2D eigenvalue weighted by molar-refractivity contribution is -0.00379. The highest BCUT2D eigenvalue weighted by atomic mass is 35.5. The molecule has 1 aromatic rings. The maximum atomic E-state index is 10.9. The van der Waals surface area contributed by atoms with Gasteiger partial charge in [0.2, 0.25) is 0 Å². The molecule has 2 N–H and O–H groups in total. The molecule has 4 atom stereocenters. The second-order valence-corrected chi connectivity index (χ2v) is 7.85. The molecular formula is C19H24ClNO4. The standard InChI is InChI=1S/C19H24ClNO4/c1-21-5-4-19-9-14(22)15(24-2)7-11(19)13(21)6-10-12(20)8-16(25-3)18(23)17(10)19/h7-8,11,13-14,22-23H,4-6,9H2,1-3H3/t11-,13+,14?,19+/m0/s1. The third-order valence-corrected chi connectivity index (χ3v) is 6.78. The zero-order valence-electron chi connectivity index (χ0n) is 14.8. The molecule has 3 aliphatic rings. The molecule has 6 heteroatoms. The Kier molecular flexibility index (Phi) is 3.94. The molecule has 136 valence electrons. The summed E-state index contributed by atoms with van der Waals surface area (Å²) in [6.45, 7) is 0.914. The molecule has 0 aromatic heterocycles. The highest BCUT2D eigenvalue weighted by Gasteiger charge is 2.56. The minimum atomic E-state index is -0.680. The predicted molar refractivity (Wildman–Crippen MR) is 95.3 cm³/mol. The minimum Gasteiger partial charge on any atom is -0.504 e. The Labute approximate surface area is 152 Å². The summed E-state index contributed by atoms with van der Waals surface area (Å²) in [6.07, 6.45) is 3.51. The number of phenols is 1. The summed E-state index contributed by atoms with van der Waals surface area (Å²) in [7, 11) is 5.26. The van der Waals surface area contributed by atoms with Crippen LogP contribution in [0.2, 0.25) is 5.02 Å². The van der Waals surface area contributed by atoms with Gasteiger partial charge in [0, 0.05) is 34.0 Å². The van der Waals surface area contributed by atoms with Crippen molar-refractivity contribution in [2.75, 3.05) is 27.8 Å². The number of aliphatic hydroxyl groups is 1. The van der Waals surface area contributed by atoms with Crippen LogP contribution in [-0.4, -0.2) is 55.1 Å². The second-order valence-electron chi connectivity index (χ2n) is 7.44. The van der Waals surface area contributed by atoms with Gasteiger partial charge in [0.25, 0.3) is 0 Å². The number of aromatic hydroxyl groups is 1. The lowest BCUT2D eigenvalue weighted by atomic mass is 9.53. The van der Waals surface area contributed by atoms with Crippen LogP contribution in [0, 0.1) is 5.92 Å². The molecule has 1 aromatic carbocycles. The number of ether oxygens (including phenoxy) is 2. The molecule has 0 spiro atoms. The number of hydrogen-bond acceptors (Lipinski definition) is 5. The van der Waals surface area contributed by atoms with Crippen LogP contribution < -0.4 is 4.74 Å². The van der Waals surface area contributed by atoms with Crippen molar-refractivity contribution in [1.82, 2.24) is 4.90 Å². The fourth-order valence-electron chi connectivity index (χ4n) is 5.23. The molecule has 5 nitrogen and oxygen atoms in total. The SMILES string of the molecule is COC1=C[C@H]2[C@H]3Cc4c(Cl)cc(OC)c(O)c4[C@]2(CCN3C)CC1O. The van der Waals surface area contributed by atoms with E-state index in [1.807, 2.05) is 0 Å². The second kappa shape index (κ2) is 5.79. The van der Waals surface area contributed by atoms with E-state index in [2.05, 4.69) is 18.0 Å². The van der Waals surface area contributed by atoms with Gasteiger partial charge in [0.05, 0.1) is 14.2 Å². The van der Waals surface area contributed by atoms with Crippen molar-refractivity contribution in [1.29, 1.82) is 0 Å². The Morgan fingerprint density at radius 1 is 1.32 bits per heavy atom. The number of likely N-dealkylation sites (tertiary alicyclic amines) is 1. The van der Waals surface area contributed by atoms with Crippen LogP contribution in [0.25, 0.3) is 0 Å². The summed E-state index contributed by atoms with van der Waals surface area (Å²) in [4.78, 5) is 2.35. The van der Waals surface area contributed by atoms with Crippen LogP contribution in [0.5, 0.6) is 11.5 Å². The summed E-state index contributed by atoms with van der Waals surface area (Å²) < 4.78 is 10.8. The third-order valence-electron chi connectivity index (χ3n) is 6.44. The number of benzene rings is 1. The first-order valence-electron chi connectivity index (χ1n) is 8.65. The number of likely N-dealkylation sites (N-methyl/N-ethyl adjacent to an activating group) is 1. The first-order valence-corrected chi connectivity index (χ1v) is 9.03. The van der Waals surface area contributed by atoms with Crippen molar-refractivity contribution in [3.63, 3.8) is 0 Å². The Morgan fingerprint density at radius 2 is 2.08 bits per heavy atom. The van der Waals surface area contributed by atoms with E-state index in [9.17, 15) is 10.2 Å². The predicted octanol–water partition coefficient (Wildman–Crippen LogP) is 2.46. The quantitative estimate of drug-likeness (QED) is 0.843. The van der Waals surface area contributed by atoms with Crippen molar-refractivity contribution in [3.05, 3.63) is 34.1 Å². The molecule has 2 bridgehead atoms. The fraction of sp³-hybridized carbons (Fsp3) is 0.579. The maximum absolute atomic E-state index is 10.9. The van der Waals surface area contributed by atoms with Crippen LogP contribution >= 0.6 is 11.6 Å². The fourth-order valence-corrected chi connectivity index (χ4v) is 5.50. The first-order chi connectivity index (χ1) is 11.9. The first kappa shape index (κ1) is 17.0. The van der Waals surface area contributed by atoms with Gasteiger partial charge in [-0.3, -0.25) is 0 Å². The smallest absolute Gasteiger partial charge is 0.162 e. The monoisotopic (exact) mass is 365 g/mol. The van der Waals surface area contributed by atoms with Gasteiger partial charge in [0.15, 0.2) is 11.5 Å². The van der Waals surface area contributed by atoms with Gasteiger partial charge in [-0.15, -0.1) is 0 Å². The summed E-state index contributed by atoms with van der Waals surface area (Å²) in [6, 6.07) is 1.96. The van der Waals surface area contributed by atoms with Crippen molar-refractivity contribution in [2.45, 2.75) is 36.8 Å². The zero-order chi connectivity index (χ0) is 17.9. The number of piperidine rings is 1. The highest BCUT2D eigenvalue weighted by molar-refractivity contribution is 6.31. The Morgan fingerprint density at radius 3 is 2.76 bits per heavy atom. The van der Waals surface area contributed by atoms with E-state index >= 15 is 0 Å². The lowest BCUT2D eigenvalue weighted by Gasteiger charge is -2.57. The van der Waals surface area contributed by atoms with Gasteiger partial charge in [-0.2, -0.15) is 0 Å². The van der Waals surface area contributed by atoms with Gasteiger partial charge in [-0.05, 0) is 44.5 Å². The van der Waals surface area contributed by atoms with Gasteiger partial charge in [0.1, 0.15) is 11.9 Å². The average molecular weight is 366 g/mol. The molecule has 1 unspecified atom stereocenters. The van der Waals surface area contributed by atoms with E-state index in [4.69, 9.17) is 21.1 Å². The Bertz CT molecular complexity index is 749. The molecular weight excluding hydrogens is 342 g/mol. The number of aliphatic hydroxyl groups excluding tert-OH is 1. The number of phenolic OH excluding ortho intramolecular Hbond substituents is 1. The molecule has 1 fully saturated rings. The normalized spacial score (nSPS) is 34.0. The molecule has 1 heterocycles. The molecule has 2 aliphatic carbocycles. The van der Waals surface area contributed by atoms with Gasteiger partial charge in [-0.25, -0.2) is 0 Å². The van der Waals surface area contributed by atoms with E-state index in [1.165, 1.54) is 7.11 Å². The van der Waals surface area contributed by atoms with Crippen molar-refractivity contribution in [3.8, 4) is 11.5 Å². The van der Waals surface area contributed by atoms with E-state index in [0.717, 1.165) is 30.5 Å². The van der Waals surface area contributed by atoms with Gasteiger partial charge >= 0.3 is 0 Å².